The van der Waals surface area contributed by atoms with Crippen molar-refractivity contribution in [1.82, 2.24) is 15.2 Å². The monoisotopic (exact) mass is 473 g/mol. The number of halogens is 1. The molecule has 0 spiro atoms. The summed E-state index contributed by atoms with van der Waals surface area (Å²) in [6, 6.07) is 13.6. The smallest absolute Gasteiger partial charge is 0.255 e. The van der Waals surface area contributed by atoms with Crippen molar-refractivity contribution >= 4 is 32.7 Å². The zero-order valence-electron chi connectivity index (χ0n) is 17.5. The summed E-state index contributed by atoms with van der Waals surface area (Å²) >= 11 is 3.51. The predicted molar refractivity (Wildman–Crippen MR) is 124 cm³/mol. The van der Waals surface area contributed by atoms with Gasteiger partial charge >= 0.3 is 0 Å². The van der Waals surface area contributed by atoms with Gasteiger partial charge in [0.15, 0.2) is 0 Å². The molecule has 0 aliphatic rings. The zero-order valence-corrected chi connectivity index (χ0v) is 19.1. The zero-order chi connectivity index (χ0) is 21.7. The molecule has 1 unspecified atom stereocenters. The van der Waals surface area contributed by atoms with Crippen LogP contribution in [0.1, 0.15) is 24.2 Å². The van der Waals surface area contributed by atoms with E-state index in [1.165, 1.54) is 0 Å². The van der Waals surface area contributed by atoms with Crippen LogP contribution in [0.3, 0.4) is 0 Å². The molecule has 3 N–H and O–H groups in total. The third-order valence-electron chi connectivity index (χ3n) is 5.20. The molecule has 1 amide bonds. The summed E-state index contributed by atoms with van der Waals surface area (Å²) in [5, 5.41) is 14.3. The first-order chi connectivity index (χ1) is 14.5. The Morgan fingerprint density at radius 1 is 1.23 bits per heavy atom. The number of hydrogen-bond donors (Lipinski definition) is 3. The summed E-state index contributed by atoms with van der Waals surface area (Å²) < 4.78 is 6.33. The van der Waals surface area contributed by atoms with Crippen LogP contribution >= 0.6 is 15.9 Å². The predicted octanol–water partition coefficient (Wildman–Crippen LogP) is 4.04. The van der Waals surface area contributed by atoms with Crippen molar-refractivity contribution in [3.8, 4) is 17.0 Å². The molecule has 0 aliphatic carbocycles. The first kappa shape index (κ1) is 22.3. The minimum atomic E-state index is -0.646. The highest BCUT2D eigenvalue weighted by Crippen LogP contribution is 2.35. The normalized spacial score (nSPS) is 12.3. The lowest BCUT2D eigenvalue weighted by Crippen LogP contribution is -2.40. The quantitative estimate of drug-likeness (QED) is 0.438. The van der Waals surface area contributed by atoms with E-state index < -0.39 is 6.10 Å². The van der Waals surface area contributed by atoms with Crippen molar-refractivity contribution in [3.63, 3.8) is 0 Å². The summed E-state index contributed by atoms with van der Waals surface area (Å²) in [6.07, 6.45) is -0.646. The van der Waals surface area contributed by atoms with Crippen molar-refractivity contribution in [3.05, 3.63) is 52.5 Å². The minimum absolute atomic E-state index is 0.167. The lowest BCUT2D eigenvalue weighted by Gasteiger charge is -2.22. The molecule has 7 heteroatoms. The van der Waals surface area contributed by atoms with Gasteiger partial charge in [0.1, 0.15) is 5.75 Å². The molecule has 2 aromatic carbocycles. The number of benzene rings is 2. The second-order valence-corrected chi connectivity index (χ2v) is 8.07. The Bertz CT molecular complexity index is 981. The number of aromatic amines is 1. The molecule has 1 aromatic heterocycles. The Hall–Kier alpha value is -2.35. The number of nitrogens with zero attached hydrogens (tertiary/aromatic N) is 1. The fourth-order valence-electron chi connectivity index (χ4n) is 3.55. The number of ether oxygens (including phenoxy) is 1. The van der Waals surface area contributed by atoms with E-state index >= 15 is 0 Å². The van der Waals surface area contributed by atoms with Gasteiger partial charge in [-0.25, -0.2) is 0 Å². The summed E-state index contributed by atoms with van der Waals surface area (Å²) in [4.78, 5) is 18.6. The number of methoxy groups -OCH3 is 1. The number of fused-ring (bicyclic) bond motifs is 1. The summed E-state index contributed by atoms with van der Waals surface area (Å²) in [7, 11) is 1.54. The molecule has 0 radical (unpaired) electrons. The first-order valence-corrected chi connectivity index (χ1v) is 10.9. The van der Waals surface area contributed by atoms with Crippen LogP contribution in [-0.2, 0) is 0 Å². The Labute approximate surface area is 185 Å². The SMILES string of the molecule is CCN(CC)CC(O)CNC(=O)c1c(OC)cc(Br)cc1-c1cc2ccccc2[nH]1. The van der Waals surface area contributed by atoms with Crippen molar-refractivity contribution in [1.29, 1.82) is 0 Å². The van der Waals surface area contributed by atoms with Crippen LogP contribution in [-0.4, -0.2) is 60.3 Å². The van der Waals surface area contributed by atoms with Gasteiger partial charge in [-0.3, -0.25) is 4.79 Å². The Balaban J connectivity index is 1.90. The highest BCUT2D eigenvalue weighted by atomic mass is 79.9. The molecule has 6 nitrogen and oxygen atoms in total. The van der Waals surface area contributed by atoms with Gasteiger partial charge < -0.3 is 25.0 Å². The van der Waals surface area contributed by atoms with E-state index in [0.29, 0.717) is 17.9 Å². The van der Waals surface area contributed by atoms with Crippen LogP contribution in [0.25, 0.3) is 22.2 Å². The molecule has 0 saturated carbocycles. The fourth-order valence-corrected chi connectivity index (χ4v) is 3.99. The van der Waals surface area contributed by atoms with Crippen molar-refractivity contribution < 1.29 is 14.6 Å². The van der Waals surface area contributed by atoms with Crippen LogP contribution in [0.4, 0.5) is 0 Å². The molecule has 1 heterocycles. The lowest BCUT2D eigenvalue weighted by molar-refractivity contribution is 0.0867. The Morgan fingerprint density at radius 3 is 2.63 bits per heavy atom. The standard InChI is InChI=1S/C23H28BrN3O3/c1-4-27(5-2)14-17(28)13-25-23(29)22-18(11-16(24)12-21(22)30-3)20-10-15-8-6-7-9-19(15)26-20/h6-12,17,26,28H,4-5,13-14H2,1-3H3,(H,25,29). The van der Waals surface area contributed by atoms with Crippen LogP contribution in [0.15, 0.2) is 46.9 Å². The number of amides is 1. The highest BCUT2D eigenvalue weighted by Gasteiger charge is 2.22. The maximum atomic E-state index is 13.1. The Kier molecular flexibility index (Phi) is 7.53. The molecule has 0 saturated heterocycles. The number of rotatable bonds is 9. The van der Waals surface area contributed by atoms with Gasteiger partial charge in [0, 0.05) is 39.7 Å². The maximum absolute atomic E-state index is 13.1. The first-order valence-electron chi connectivity index (χ1n) is 10.1. The number of hydrogen-bond acceptors (Lipinski definition) is 4. The van der Waals surface area contributed by atoms with Gasteiger partial charge in [0.2, 0.25) is 0 Å². The van der Waals surface area contributed by atoms with Crippen molar-refractivity contribution in [2.75, 3.05) is 33.3 Å². The number of aliphatic hydroxyl groups is 1. The number of carbonyl (C=O) groups is 1. The van der Waals surface area contributed by atoms with Crippen LogP contribution in [0, 0.1) is 0 Å². The molecule has 0 fully saturated rings. The van der Waals surface area contributed by atoms with Crippen LogP contribution in [0.2, 0.25) is 0 Å². The molecule has 0 aliphatic heterocycles. The minimum Gasteiger partial charge on any atom is -0.496 e. The number of aliphatic hydroxyl groups excluding tert-OH is 1. The average Bonchev–Trinajstić information content (AvgIpc) is 3.19. The second kappa shape index (κ2) is 10.1. The number of H-pyrrole nitrogens is 1. The van der Waals surface area contributed by atoms with E-state index in [4.69, 9.17) is 4.74 Å². The summed E-state index contributed by atoms with van der Waals surface area (Å²) in [6.45, 7) is 6.49. The Morgan fingerprint density at radius 2 is 1.97 bits per heavy atom. The topological polar surface area (TPSA) is 77.6 Å². The number of nitrogens with one attached hydrogen (secondary N) is 2. The molecule has 3 aromatic rings. The van der Waals surface area contributed by atoms with Gasteiger partial charge in [0.25, 0.3) is 5.91 Å². The molecule has 0 bridgehead atoms. The van der Waals surface area contributed by atoms with Gasteiger partial charge in [-0.05, 0) is 37.4 Å². The molecular formula is C23H28BrN3O3. The number of carbonyl (C=O) groups excluding carboxylic acids is 1. The second-order valence-electron chi connectivity index (χ2n) is 7.15. The number of para-hydroxylation sites is 1. The van der Waals surface area contributed by atoms with Crippen molar-refractivity contribution in [2.24, 2.45) is 0 Å². The molecule has 3 rings (SSSR count). The molecule has 160 valence electrons. The van der Waals surface area contributed by atoms with Crippen molar-refractivity contribution in [2.45, 2.75) is 20.0 Å². The van der Waals surface area contributed by atoms with Crippen LogP contribution < -0.4 is 10.1 Å². The van der Waals surface area contributed by atoms with Gasteiger partial charge in [0.05, 0.1) is 18.8 Å². The third kappa shape index (κ3) is 5.03. The number of likely N-dealkylation sites (N-methyl/N-ethyl adjacent to an activating group) is 1. The molecule has 30 heavy (non-hydrogen) atoms. The molecule has 1 atom stereocenters. The van der Waals surface area contributed by atoms with E-state index in [9.17, 15) is 9.90 Å². The summed E-state index contributed by atoms with van der Waals surface area (Å²) in [5.41, 5.74) is 2.98. The van der Waals surface area contributed by atoms with E-state index in [1.807, 2.05) is 50.2 Å². The van der Waals surface area contributed by atoms with E-state index in [-0.39, 0.29) is 12.5 Å². The van der Waals surface area contributed by atoms with E-state index in [0.717, 1.165) is 39.7 Å². The number of aromatic nitrogens is 1. The average molecular weight is 474 g/mol. The van der Waals surface area contributed by atoms with Gasteiger partial charge in [-0.15, -0.1) is 0 Å². The fraction of sp³-hybridized carbons (Fsp3) is 0.348. The third-order valence-corrected chi connectivity index (χ3v) is 5.65. The van der Waals surface area contributed by atoms with E-state index in [1.54, 1.807) is 13.2 Å². The van der Waals surface area contributed by atoms with E-state index in [2.05, 4.69) is 31.1 Å². The molecular weight excluding hydrogens is 446 g/mol. The van der Waals surface area contributed by atoms with Gasteiger partial charge in [-0.2, -0.15) is 0 Å². The van der Waals surface area contributed by atoms with Gasteiger partial charge in [-0.1, -0.05) is 48.0 Å². The van der Waals surface area contributed by atoms with Crippen LogP contribution in [0.5, 0.6) is 5.75 Å². The summed E-state index contributed by atoms with van der Waals surface area (Å²) in [5.74, 6) is 0.181. The lowest BCUT2D eigenvalue weighted by atomic mass is 10.0. The highest BCUT2D eigenvalue weighted by molar-refractivity contribution is 9.10. The largest absolute Gasteiger partial charge is 0.496 e. The maximum Gasteiger partial charge on any atom is 0.255 e.